The summed E-state index contributed by atoms with van der Waals surface area (Å²) in [5.41, 5.74) is 3.70. The first kappa shape index (κ1) is 14.6. The average molecular weight is 310 g/mol. The first-order valence-electron chi connectivity index (χ1n) is 6.89. The molecule has 1 fully saturated rings. The fourth-order valence-corrected chi connectivity index (χ4v) is 2.27. The van der Waals surface area contributed by atoms with Gasteiger partial charge in [-0.1, -0.05) is 24.3 Å². The quantitative estimate of drug-likeness (QED) is 0.670. The van der Waals surface area contributed by atoms with Crippen molar-refractivity contribution in [3.63, 3.8) is 0 Å². The van der Waals surface area contributed by atoms with Gasteiger partial charge in [0.25, 0.3) is 11.8 Å². The van der Waals surface area contributed by atoms with Gasteiger partial charge in [0.2, 0.25) is 0 Å². The number of rotatable bonds is 3. The smallest absolute Gasteiger partial charge is 0.282 e. The lowest BCUT2D eigenvalue weighted by atomic mass is 10.1. The Bertz CT molecular complexity index is 799. The third-order valence-corrected chi connectivity index (χ3v) is 3.42. The second kappa shape index (κ2) is 5.84. The van der Waals surface area contributed by atoms with Crippen molar-refractivity contribution in [2.45, 2.75) is 0 Å². The van der Waals surface area contributed by atoms with E-state index in [2.05, 4.69) is 5.43 Å². The molecule has 0 bridgehead atoms. The molecular weight excluding hydrogens is 296 g/mol. The molecule has 2 N–H and O–H groups in total. The van der Waals surface area contributed by atoms with Gasteiger partial charge in [-0.2, -0.15) is 0 Å². The molecule has 1 saturated heterocycles. The highest BCUT2D eigenvalue weighted by Gasteiger charge is 2.34. The summed E-state index contributed by atoms with van der Waals surface area (Å²) in [4.78, 5) is 24.5. The molecule has 2 aromatic rings. The van der Waals surface area contributed by atoms with E-state index < -0.39 is 11.8 Å². The number of hydrazine groups is 1. The number of amides is 2. The van der Waals surface area contributed by atoms with Crippen LogP contribution in [0.15, 0.2) is 54.1 Å². The number of phenols is 1. The van der Waals surface area contributed by atoms with Crippen LogP contribution in [-0.4, -0.2) is 24.0 Å². The Hall–Kier alpha value is -3.28. The summed E-state index contributed by atoms with van der Waals surface area (Å²) in [5.74, 6) is -0.660. The molecule has 0 spiro atoms. The maximum absolute atomic E-state index is 12.4. The number of methoxy groups -OCH3 is 1. The van der Waals surface area contributed by atoms with Crippen molar-refractivity contribution in [1.82, 2.24) is 5.43 Å². The minimum atomic E-state index is -0.481. The molecule has 0 aliphatic carbocycles. The molecule has 1 aliphatic rings. The number of benzene rings is 2. The third kappa shape index (κ3) is 2.74. The van der Waals surface area contributed by atoms with Crippen molar-refractivity contribution in [2.24, 2.45) is 0 Å². The normalized spacial score (nSPS) is 15.9. The fourth-order valence-electron chi connectivity index (χ4n) is 2.27. The second-order valence-electron chi connectivity index (χ2n) is 4.91. The zero-order valence-electron chi connectivity index (χ0n) is 12.3. The Morgan fingerprint density at radius 1 is 1.13 bits per heavy atom. The SMILES string of the molecule is COc1cc(/C=C2/C(=O)NN(c3ccccc3)C2=O)ccc1O. The lowest BCUT2D eigenvalue weighted by Gasteiger charge is -2.13. The lowest BCUT2D eigenvalue weighted by molar-refractivity contribution is -0.117. The van der Waals surface area contributed by atoms with Crippen LogP contribution >= 0.6 is 0 Å². The second-order valence-corrected chi connectivity index (χ2v) is 4.91. The molecule has 0 radical (unpaired) electrons. The maximum Gasteiger partial charge on any atom is 0.282 e. The molecule has 6 heteroatoms. The number of hydrogen-bond acceptors (Lipinski definition) is 4. The molecule has 6 nitrogen and oxygen atoms in total. The highest BCUT2D eigenvalue weighted by Crippen LogP contribution is 2.28. The molecule has 116 valence electrons. The van der Waals surface area contributed by atoms with Gasteiger partial charge in [-0.15, -0.1) is 0 Å². The molecule has 2 aromatic carbocycles. The Morgan fingerprint density at radius 2 is 1.87 bits per heavy atom. The minimum absolute atomic E-state index is 0.0113. The number of aromatic hydroxyl groups is 1. The summed E-state index contributed by atoms with van der Waals surface area (Å²) in [7, 11) is 1.43. The minimum Gasteiger partial charge on any atom is -0.504 e. The van der Waals surface area contributed by atoms with Gasteiger partial charge in [0.1, 0.15) is 5.57 Å². The van der Waals surface area contributed by atoms with E-state index in [0.717, 1.165) is 0 Å². The number of anilines is 1. The summed E-state index contributed by atoms with van der Waals surface area (Å²) in [6, 6.07) is 13.4. The number of para-hydroxylation sites is 1. The van der Waals surface area contributed by atoms with Crippen LogP contribution < -0.4 is 15.2 Å². The Morgan fingerprint density at radius 3 is 2.57 bits per heavy atom. The molecule has 0 aromatic heterocycles. The third-order valence-electron chi connectivity index (χ3n) is 3.42. The van der Waals surface area contributed by atoms with Gasteiger partial charge in [0.05, 0.1) is 12.8 Å². The summed E-state index contributed by atoms with van der Waals surface area (Å²) in [5, 5.41) is 10.8. The van der Waals surface area contributed by atoms with Gasteiger partial charge in [-0.05, 0) is 35.9 Å². The standard InChI is InChI=1S/C17H14N2O4/c1-23-15-10-11(7-8-14(15)20)9-13-16(21)18-19(17(13)22)12-5-3-2-4-6-12/h2-10,20H,1H3,(H,18,21)/b13-9-. The lowest BCUT2D eigenvalue weighted by Crippen LogP contribution is -2.35. The number of ether oxygens (including phenoxy) is 1. The Labute approximate surface area is 132 Å². The van der Waals surface area contributed by atoms with E-state index in [-0.39, 0.29) is 17.1 Å². The maximum atomic E-state index is 12.4. The van der Waals surface area contributed by atoms with Crippen LogP contribution in [0.1, 0.15) is 5.56 Å². The predicted octanol–water partition coefficient (Wildman–Crippen LogP) is 1.86. The number of carbonyl (C=O) groups excluding carboxylic acids is 2. The van der Waals surface area contributed by atoms with Crippen molar-refractivity contribution in [3.05, 3.63) is 59.7 Å². The van der Waals surface area contributed by atoms with Gasteiger partial charge in [-0.25, -0.2) is 5.01 Å². The van der Waals surface area contributed by atoms with E-state index in [1.54, 1.807) is 36.4 Å². The van der Waals surface area contributed by atoms with Gasteiger partial charge in [0, 0.05) is 0 Å². The van der Waals surface area contributed by atoms with E-state index in [1.807, 2.05) is 6.07 Å². The van der Waals surface area contributed by atoms with Crippen molar-refractivity contribution in [2.75, 3.05) is 12.1 Å². The van der Waals surface area contributed by atoms with E-state index in [1.165, 1.54) is 24.3 Å². The molecule has 0 unspecified atom stereocenters. The van der Waals surface area contributed by atoms with Crippen molar-refractivity contribution in [1.29, 1.82) is 0 Å². The summed E-state index contributed by atoms with van der Waals surface area (Å²) < 4.78 is 5.02. The van der Waals surface area contributed by atoms with Crippen molar-refractivity contribution >= 4 is 23.6 Å². The Balaban J connectivity index is 1.94. The molecular formula is C17H14N2O4. The first-order chi connectivity index (χ1) is 11.1. The highest BCUT2D eigenvalue weighted by molar-refractivity contribution is 6.31. The molecule has 1 aliphatic heterocycles. The Kier molecular flexibility index (Phi) is 3.72. The number of nitrogens with zero attached hydrogens (tertiary/aromatic N) is 1. The molecule has 23 heavy (non-hydrogen) atoms. The largest absolute Gasteiger partial charge is 0.504 e. The van der Waals surface area contributed by atoms with Crippen LogP contribution in [0, 0.1) is 0 Å². The van der Waals surface area contributed by atoms with Crippen LogP contribution in [0.5, 0.6) is 11.5 Å². The number of carbonyl (C=O) groups is 2. The molecule has 1 heterocycles. The monoisotopic (exact) mass is 310 g/mol. The van der Waals surface area contributed by atoms with Crippen molar-refractivity contribution < 1.29 is 19.4 Å². The molecule has 2 amide bonds. The highest BCUT2D eigenvalue weighted by atomic mass is 16.5. The van der Waals surface area contributed by atoms with Crippen LogP contribution in [0.2, 0.25) is 0 Å². The topological polar surface area (TPSA) is 78.9 Å². The summed E-state index contributed by atoms with van der Waals surface area (Å²) in [6.07, 6.45) is 1.46. The molecule has 0 saturated carbocycles. The zero-order chi connectivity index (χ0) is 16.4. The molecule has 3 rings (SSSR count). The fraction of sp³-hybridized carbons (Fsp3) is 0.0588. The van der Waals surface area contributed by atoms with Crippen LogP contribution in [-0.2, 0) is 9.59 Å². The predicted molar refractivity (Wildman–Crippen MR) is 84.7 cm³/mol. The van der Waals surface area contributed by atoms with E-state index in [9.17, 15) is 14.7 Å². The van der Waals surface area contributed by atoms with E-state index >= 15 is 0 Å². The number of phenolic OH excluding ortho intramolecular Hbond substituents is 1. The number of hydrogen-bond donors (Lipinski definition) is 2. The van der Waals surface area contributed by atoms with Crippen molar-refractivity contribution in [3.8, 4) is 11.5 Å². The summed E-state index contributed by atoms with van der Waals surface area (Å²) in [6.45, 7) is 0. The zero-order valence-corrected chi connectivity index (χ0v) is 12.3. The summed E-state index contributed by atoms with van der Waals surface area (Å²) >= 11 is 0. The van der Waals surface area contributed by atoms with Gasteiger partial charge < -0.3 is 9.84 Å². The number of nitrogens with one attached hydrogen (secondary N) is 1. The molecule has 0 atom stereocenters. The first-order valence-corrected chi connectivity index (χ1v) is 6.89. The van der Waals surface area contributed by atoms with Crippen LogP contribution in [0.3, 0.4) is 0 Å². The van der Waals surface area contributed by atoms with Crippen LogP contribution in [0.25, 0.3) is 6.08 Å². The van der Waals surface area contributed by atoms with Gasteiger partial charge in [-0.3, -0.25) is 15.0 Å². The van der Waals surface area contributed by atoms with Gasteiger partial charge >= 0.3 is 0 Å². The van der Waals surface area contributed by atoms with Crippen LogP contribution in [0.4, 0.5) is 5.69 Å². The van der Waals surface area contributed by atoms with E-state index in [0.29, 0.717) is 11.3 Å². The van der Waals surface area contributed by atoms with E-state index in [4.69, 9.17) is 4.74 Å². The average Bonchev–Trinajstić information content (AvgIpc) is 2.85. The van der Waals surface area contributed by atoms with Gasteiger partial charge in [0.15, 0.2) is 11.5 Å².